The van der Waals surface area contributed by atoms with Gasteiger partial charge in [-0.3, -0.25) is 23.7 Å². The Bertz CT molecular complexity index is 1150. The van der Waals surface area contributed by atoms with E-state index in [-0.39, 0.29) is 23.4 Å². The van der Waals surface area contributed by atoms with Crippen molar-refractivity contribution in [2.45, 2.75) is 19.8 Å². The van der Waals surface area contributed by atoms with Crippen molar-refractivity contribution in [3.8, 4) is 0 Å². The van der Waals surface area contributed by atoms with E-state index in [2.05, 4.69) is 0 Å². The molecule has 2 aromatic heterocycles. The van der Waals surface area contributed by atoms with Gasteiger partial charge in [0.25, 0.3) is 11.5 Å². The molecule has 2 saturated heterocycles. The second-order valence-corrected chi connectivity index (χ2v) is 9.01. The van der Waals surface area contributed by atoms with E-state index >= 15 is 0 Å². The molecule has 162 valence electrons. The number of thioether (sulfide) groups is 1. The Balaban J connectivity index is 1.74. The van der Waals surface area contributed by atoms with Gasteiger partial charge in [0, 0.05) is 26.3 Å². The maximum absolute atomic E-state index is 13.3. The van der Waals surface area contributed by atoms with Crippen LogP contribution < -0.4 is 10.5 Å². The number of carbonyl (C=O) groups is 2. The van der Waals surface area contributed by atoms with Gasteiger partial charge < -0.3 is 9.64 Å². The first-order chi connectivity index (χ1) is 14.9. The second-order valence-electron chi connectivity index (χ2n) is 7.34. The highest BCUT2D eigenvalue weighted by Crippen LogP contribution is 2.33. The zero-order valence-electron chi connectivity index (χ0n) is 17.2. The maximum Gasteiger partial charge on any atom is 0.309 e. The Kier molecular flexibility index (Phi) is 6.10. The number of nitrogens with zero attached hydrogens (tertiary/aromatic N) is 4. The van der Waals surface area contributed by atoms with Crippen LogP contribution in [0.4, 0.5) is 5.82 Å². The van der Waals surface area contributed by atoms with Crippen LogP contribution in [-0.2, 0) is 14.3 Å². The number of aromatic nitrogens is 2. The lowest BCUT2D eigenvalue weighted by Gasteiger charge is -2.32. The third-order valence-electron chi connectivity index (χ3n) is 5.43. The Labute approximate surface area is 188 Å². The third kappa shape index (κ3) is 4.09. The smallest absolute Gasteiger partial charge is 0.309 e. The Morgan fingerprint density at radius 3 is 2.71 bits per heavy atom. The third-order valence-corrected chi connectivity index (χ3v) is 6.91. The molecule has 0 bridgehead atoms. The largest absolute Gasteiger partial charge is 0.466 e. The van der Waals surface area contributed by atoms with Gasteiger partial charge in [0.2, 0.25) is 0 Å². The minimum absolute atomic E-state index is 0.155. The zero-order chi connectivity index (χ0) is 22.1. The van der Waals surface area contributed by atoms with E-state index in [4.69, 9.17) is 21.9 Å². The van der Waals surface area contributed by atoms with E-state index in [0.717, 1.165) is 0 Å². The van der Waals surface area contributed by atoms with Gasteiger partial charge in [-0.25, -0.2) is 4.98 Å². The summed E-state index contributed by atoms with van der Waals surface area (Å²) in [6.45, 7) is 3.29. The molecule has 0 saturated carbocycles. The van der Waals surface area contributed by atoms with E-state index in [9.17, 15) is 14.4 Å². The van der Waals surface area contributed by atoms with Gasteiger partial charge in [-0.05, 0) is 38.0 Å². The molecule has 2 aliphatic rings. The molecule has 4 heterocycles. The number of rotatable bonds is 4. The number of likely N-dealkylation sites (N-methyl/N-ethyl adjacent to an activating group) is 1. The van der Waals surface area contributed by atoms with Crippen molar-refractivity contribution in [3.63, 3.8) is 0 Å². The highest BCUT2D eigenvalue weighted by atomic mass is 32.2. The number of fused-ring (bicyclic) bond motifs is 1. The number of esters is 1. The van der Waals surface area contributed by atoms with Crippen LogP contribution in [0.2, 0.25) is 0 Å². The van der Waals surface area contributed by atoms with Crippen LogP contribution in [0.25, 0.3) is 11.7 Å². The van der Waals surface area contributed by atoms with Gasteiger partial charge >= 0.3 is 5.97 Å². The normalized spacial score (nSPS) is 19.0. The molecule has 0 radical (unpaired) electrons. The monoisotopic (exact) mass is 458 g/mol. The number of ether oxygens (including phenoxy) is 1. The predicted molar refractivity (Wildman–Crippen MR) is 124 cm³/mol. The lowest BCUT2D eigenvalue weighted by Crippen LogP contribution is -2.39. The molecule has 2 aromatic rings. The average Bonchev–Trinajstić information content (AvgIpc) is 3.02. The number of thiocarbonyl (C=S) groups is 1. The molecule has 2 aliphatic heterocycles. The van der Waals surface area contributed by atoms with E-state index in [0.29, 0.717) is 58.8 Å². The van der Waals surface area contributed by atoms with Crippen molar-refractivity contribution in [2.24, 2.45) is 5.92 Å². The second kappa shape index (κ2) is 8.80. The van der Waals surface area contributed by atoms with Crippen molar-refractivity contribution in [1.82, 2.24) is 14.3 Å². The minimum Gasteiger partial charge on any atom is -0.466 e. The highest BCUT2D eigenvalue weighted by molar-refractivity contribution is 8.26. The van der Waals surface area contributed by atoms with Crippen molar-refractivity contribution in [2.75, 3.05) is 31.6 Å². The predicted octanol–water partition coefficient (Wildman–Crippen LogP) is 2.31. The summed E-state index contributed by atoms with van der Waals surface area (Å²) >= 11 is 6.38. The lowest BCUT2D eigenvalue weighted by atomic mass is 9.96. The van der Waals surface area contributed by atoms with Crippen molar-refractivity contribution >= 4 is 57.7 Å². The molecule has 0 aliphatic carbocycles. The van der Waals surface area contributed by atoms with E-state index < -0.39 is 0 Å². The van der Waals surface area contributed by atoms with Crippen LogP contribution in [-0.4, -0.2) is 57.2 Å². The average molecular weight is 459 g/mol. The Morgan fingerprint density at radius 1 is 1.32 bits per heavy atom. The van der Waals surface area contributed by atoms with Gasteiger partial charge in [0.1, 0.15) is 15.8 Å². The summed E-state index contributed by atoms with van der Waals surface area (Å²) in [7, 11) is 1.62. The maximum atomic E-state index is 13.3. The summed E-state index contributed by atoms with van der Waals surface area (Å²) in [5.74, 6) is -0.0579. The number of carbonyl (C=O) groups excluding carboxylic acids is 2. The lowest BCUT2D eigenvalue weighted by molar-refractivity contribution is -0.148. The molecule has 4 rings (SSSR count). The first kappa shape index (κ1) is 21.5. The van der Waals surface area contributed by atoms with Crippen LogP contribution in [0.5, 0.6) is 0 Å². The van der Waals surface area contributed by atoms with Gasteiger partial charge in [0.05, 0.1) is 23.0 Å². The topological polar surface area (TPSA) is 84.2 Å². The van der Waals surface area contributed by atoms with Crippen LogP contribution in [0.3, 0.4) is 0 Å². The van der Waals surface area contributed by atoms with Crippen LogP contribution >= 0.6 is 24.0 Å². The fourth-order valence-electron chi connectivity index (χ4n) is 3.72. The molecule has 31 heavy (non-hydrogen) atoms. The van der Waals surface area contributed by atoms with Crippen LogP contribution in [0, 0.1) is 5.92 Å². The van der Waals surface area contributed by atoms with E-state index in [1.165, 1.54) is 21.1 Å². The summed E-state index contributed by atoms with van der Waals surface area (Å²) in [5, 5.41) is 0. The Morgan fingerprint density at radius 2 is 2.06 bits per heavy atom. The quantitative estimate of drug-likeness (QED) is 0.392. The molecule has 0 unspecified atom stereocenters. The van der Waals surface area contributed by atoms with Gasteiger partial charge in [-0.1, -0.05) is 30.0 Å². The fourth-order valence-corrected chi connectivity index (χ4v) is 4.88. The number of piperidine rings is 1. The van der Waals surface area contributed by atoms with Crippen molar-refractivity contribution in [1.29, 1.82) is 0 Å². The van der Waals surface area contributed by atoms with Gasteiger partial charge in [-0.15, -0.1) is 0 Å². The van der Waals surface area contributed by atoms with E-state index in [1.54, 1.807) is 38.4 Å². The molecule has 0 spiro atoms. The van der Waals surface area contributed by atoms with Crippen LogP contribution in [0.15, 0.2) is 34.1 Å². The molecule has 8 nitrogen and oxygen atoms in total. The first-order valence-corrected chi connectivity index (χ1v) is 11.3. The summed E-state index contributed by atoms with van der Waals surface area (Å²) in [6, 6.07) is 5.35. The van der Waals surface area contributed by atoms with Gasteiger partial charge in [0.15, 0.2) is 0 Å². The number of pyridine rings is 1. The summed E-state index contributed by atoms with van der Waals surface area (Å²) in [6.07, 6.45) is 4.48. The molecule has 2 fully saturated rings. The molecule has 0 aromatic carbocycles. The number of hydrogen-bond acceptors (Lipinski definition) is 8. The van der Waals surface area contributed by atoms with E-state index in [1.807, 2.05) is 11.0 Å². The summed E-state index contributed by atoms with van der Waals surface area (Å²) < 4.78 is 7.06. The summed E-state index contributed by atoms with van der Waals surface area (Å²) in [4.78, 5) is 46.4. The number of amides is 1. The van der Waals surface area contributed by atoms with Crippen molar-refractivity contribution < 1.29 is 14.3 Å². The molecular formula is C21H22N4O4S2. The minimum atomic E-state index is -0.255. The standard InChI is InChI=1S/C21H22N4O4S2/c1-3-29-20(28)13-7-10-24(11-8-13)17-14(12-15-19(27)23(2)21(30)31-15)18(26)25-9-5-4-6-16(25)22-17/h4-6,9,12-13H,3,7-8,10-11H2,1-2H3. The SMILES string of the molecule is CCOC(=O)C1CCN(c2nc3ccccn3c(=O)c2C=C2SC(=S)N(C)C2=O)CC1. The zero-order valence-corrected chi connectivity index (χ0v) is 18.9. The van der Waals surface area contributed by atoms with Crippen molar-refractivity contribution in [3.05, 3.63) is 45.2 Å². The summed E-state index contributed by atoms with van der Waals surface area (Å²) in [5.41, 5.74) is 0.608. The van der Waals surface area contributed by atoms with Gasteiger partial charge in [-0.2, -0.15) is 0 Å². The molecule has 0 N–H and O–H groups in total. The van der Waals surface area contributed by atoms with Crippen LogP contribution in [0.1, 0.15) is 25.3 Å². The number of anilines is 1. The molecule has 10 heteroatoms. The number of hydrogen-bond donors (Lipinski definition) is 0. The molecule has 1 amide bonds. The molecular weight excluding hydrogens is 436 g/mol. The fraction of sp³-hybridized carbons (Fsp3) is 0.381. The highest BCUT2D eigenvalue weighted by Gasteiger charge is 2.31. The Hall–Kier alpha value is -2.72. The molecule has 0 atom stereocenters. The first-order valence-electron chi connectivity index (χ1n) is 10.0.